The molecule has 0 radical (unpaired) electrons. The molecule has 12 nitrogen and oxygen atoms in total. The highest BCUT2D eigenvalue weighted by atomic mass is 32.2. The van der Waals surface area contributed by atoms with Crippen molar-refractivity contribution in [3.05, 3.63) is 90.1 Å². The lowest BCUT2D eigenvalue weighted by molar-refractivity contribution is -0.832. The number of nitrogens with zero attached hydrogens (tertiary/aromatic N) is 5. The Bertz CT molecular complexity index is 1810. The second-order valence-electron chi connectivity index (χ2n) is 9.05. The summed E-state index contributed by atoms with van der Waals surface area (Å²) in [7, 11) is -4.23. The minimum absolute atomic E-state index is 0.0913. The number of hydrogen-bond donors (Lipinski definition) is 1. The Morgan fingerprint density at radius 2 is 1.71 bits per heavy atom. The number of carbonyl (C=O) groups is 1. The predicted octanol–water partition coefficient (Wildman–Crippen LogP) is 3.21. The summed E-state index contributed by atoms with van der Waals surface area (Å²) in [6, 6.07) is 24.7. The lowest BCUT2D eigenvalue weighted by atomic mass is 10.2. The second-order valence-corrected chi connectivity index (χ2v) is 11.9. The maximum absolute atomic E-state index is 12.9. The molecule has 41 heavy (non-hydrogen) atoms. The van der Waals surface area contributed by atoms with E-state index in [0.717, 1.165) is 16.6 Å². The first-order valence-corrected chi connectivity index (χ1v) is 14.9. The first-order valence-electron chi connectivity index (χ1n) is 12.4. The van der Waals surface area contributed by atoms with E-state index in [1.807, 2.05) is 54.6 Å². The van der Waals surface area contributed by atoms with Crippen LogP contribution in [0.2, 0.25) is 0 Å². The fourth-order valence-corrected chi connectivity index (χ4v) is 6.23. The van der Waals surface area contributed by atoms with Gasteiger partial charge in [0.05, 0.1) is 34.4 Å². The summed E-state index contributed by atoms with van der Waals surface area (Å²) < 4.78 is 36.0. The molecule has 0 unspecified atom stereocenters. The van der Waals surface area contributed by atoms with E-state index in [1.54, 1.807) is 11.0 Å². The summed E-state index contributed by atoms with van der Waals surface area (Å²) >= 11 is 1.21. The number of hydrogen-bond acceptors (Lipinski definition) is 11. The molecule has 1 aliphatic rings. The number of fused-ring (bicyclic) bond motifs is 1. The second kappa shape index (κ2) is 11.1. The van der Waals surface area contributed by atoms with Crippen LogP contribution in [0.4, 0.5) is 11.5 Å². The van der Waals surface area contributed by atoms with E-state index in [0.29, 0.717) is 11.0 Å². The van der Waals surface area contributed by atoms with Gasteiger partial charge in [0.2, 0.25) is 5.91 Å². The summed E-state index contributed by atoms with van der Waals surface area (Å²) in [6.07, 6.45) is -0.558. The average Bonchev–Trinajstić information content (AvgIpc) is 3.35. The van der Waals surface area contributed by atoms with Crippen molar-refractivity contribution in [3.8, 4) is 5.88 Å². The number of amides is 1. The molecule has 0 bridgehead atoms. The quantitative estimate of drug-likeness (QED) is 0.153. The van der Waals surface area contributed by atoms with Crippen LogP contribution in [0, 0.1) is 5.21 Å². The zero-order chi connectivity index (χ0) is 28.4. The van der Waals surface area contributed by atoms with Crippen LogP contribution in [0.3, 0.4) is 0 Å². The van der Waals surface area contributed by atoms with Crippen molar-refractivity contribution in [2.45, 2.75) is 21.2 Å². The maximum Gasteiger partial charge on any atom is 0.415 e. The monoisotopic (exact) mass is 590 g/mol. The molecule has 1 amide bonds. The van der Waals surface area contributed by atoms with Crippen LogP contribution in [-0.2, 0) is 14.6 Å². The van der Waals surface area contributed by atoms with Gasteiger partial charge in [-0.25, -0.2) is 18.4 Å². The molecule has 208 valence electrons. The smallest absolute Gasteiger partial charge is 0.415 e. The van der Waals surface area contributed by atoms with Crippen LogP contribution in [-0.4, -0.2) is 59.3 Å². The molecule has 3 aromatic carbocycles. The van der Waals surface area contributed by atoms with Gasteiger partial charge < -0.3 is 20.2 Å². The summed E-state index contributed by atoms with van der Waals surface area (Å²) in [4.78, 5) is 23.3. The number of anilines is 2. The standard InChI is InChI=1S/C27H22N6O6S2/c34-23(17-40-27-29-22-14-8-7-13-21(22)24(30-27)28-18-9-3-1-4-10-18)32-15-19(16-32)38-25-26(33(35)39-31-25)41(36,37)20-11-5-2-6-12-20/h1-14,19H,15-17H2,(H,28,29,30). The highest BCUT2D eigenvalue weighted by molar-refractivity contribution is 7.99. The molecule has 0 spiro atoms. The van der Waals surface area contributed by atoms with Gasteiger partial charge in [0, 0.05) is 11.1 Å². The van der Waals surface area contributed by atoms with E-state index in [1.165, 1.54) is 36.0 Å². The molecule has 3 heterocycles. The van der Waals surface area contributed by atoms with Crippen molar-refractivity contribution in [2.24, 2.45) is 0 Å². The van der Waals surface area contributed by atoms with E-state index in [2.05, 4.69) is 25.1 Å². The Labute approximate surface area is 238 Å². The van der Waals surface area contributed by atoms with Crippen LogP contribution >= 0.6 is 11.8 Å². The molecule has 0 saturated carbocycles. The molecule has 1 N–H and O–H groups in total. The van der Waals surface area contributed by atoms with Crippen LogP contribution < -0.4 is 15.0 Å². The Kier molecular flexibility index (Phi) is 7.15. The summed E-state index contributed by atoms with van der Waals surface area (Å²) in [5.41, 5.74) is 1.63. The van der Waals surface area contributed by atoms with Gasteiger partial charge in [-0.2, -0.15) is 0 Å². The molecule has 6 rings (SSSR count). The predicted molar refractivity (Wildman–Crippen MR) is 148 cm³/mol. The number of ether oxygens (including phenoxy) is 1. The third-order valence-electron chi connectivity index (χ3n) is 6.28. The van der Waals surface area contributed by atoms with E-state index in [-0.39, 0.29) is 34.5 Å². The van der Waals surface area contributed by atoms with E-state index >= 15 is 0 Å². The fourth-order valence-electron chi connectivity index (χ4n) is 4.19. The fraction of sp³-hybridized carbons (Fsp3) is 0.148. The van der Waals surface area contributed by atoms with Gasteiger partial charge in [-0.15, -0.1) is 0 Å². The Hall–Kier alpha value is -4.69. The van der Waals surface area contributed by atoms with Crippen molar-refractivity contribution >= 4 is 49.9 Å². The molecular formula is C27H22N6O6S2. The van der Waals surface area contributed by atoms with Gasteiger partial charge in [-0.05, 0) is 41.3 Å². The minimum Gasteiger partial charge on any atom is -0.447 e. The zero-order valence-electron chi connectivity index (χ0n) is 21.3. The molecule has 0 aliphatic carbocycles. The van der Waals surface area contributed by atoms with E-state index in [9.17, 15) is 18.4 Å². The highest BCUT2D eigenvalue weighted by Crippen LogP contribution is 2.29. The van der Waals surface area contributed by atoms with Crippen molar-refractivity contribution in [1.29, 1.82) is 0 Å². The lowest BCUT2D eigenvalue weighted by Gasteiger charge is -2.37. The first-order chi connectivity index (χ1) is 19.9. The highest BCUT2D eigenvalue weighted by Gasteiger charge is 2.40. The van der Waals surface area contributed by atoms with Gasteiger partial charge in [0.1, 0.15) is 11.9 Å². The van der Waals surface area contributed by atoms with Crippen molar-refractivity contribution < 1.29 is 27.5 Å². The third-order valence-corrected chi connectivity index (χ3v) is 8.84. The number of nitrogens with one attached hydrogen (secondary N) is 1. The molecule has 14 heteroatoms. The van der Waals surface area contributed by atoms with Gasteiger partial charge in [0.25, 0.3) is 9.84 Å². The maximum atomic E-state index is 12.9. The van der Waals surface area contributed by atoms with Gasteiger partial charge in [-0.3, -0.25) is 9.42 Å². The van der Waals surface area contributed by atoms with Crippen LogP contribution in [0.5, 0.6) is 5.88 Å². The number of thioether (sulfide) groups is 1. The molecule has 1 aliphatic heterocycles. The summed E-state index contributed by atoms with van der Waals surface area (Å²) in [5, 5.41) is 19.5. The average molecular weight is 591 g/mol. The number of benzene rings is 3. The van der Waals surface area contributed by atoms with E-state index < -0.39 is 26.8 Å². The minimum atomic E-state index is -4.23. The zero-order valence-corrected chi connectivity index (χ0v) is 22.9. The Morgan fingerprint density at radius 3 is 2.46 bits per heavy atom. The Morgan fingerprint density at radius 1 is 1.02 bits per heavy atom. The molecule has 0 atom stereocenters. The van der Waals surface area contributed by atoms with Crippen LogP contribution in [0.1, 0.15) is 0 Å². The van der Waals surface area contributed by atoms with Gasteiger partial charge in [-0.1, -0.05) is 60.3 Å². The van der Waals surface area contributed by atoms with Crippen LogP contribution in [0.25, 0.3) is 10.9 Å². The van der Waals surface area contributed by atoms with Crippen molar-refractivity contribution in [1.82, 2.24) is 20.0 Å². The first kappa shape index (κ1) is 26.5. The molecule has 5 aromatic rings. The van der Waals surface area contributed by atoms with Gasteiger partial charge >= 0.3 is 10.9 Å². The summed E-state index contributed by atoms with van der Waals surface area (Å²) in [6.45, 7) is 0.380. The summed E-state index contributed by atoms with van der Waals surface area (Å²) in [5.74, 6) is 0.117. The molecule has 1 saturated heterocycles. The third kappa shape index (κ3) is 5.51. The van der Waals surface area contributed by atoms with Gasteiger partial charge in [0.15, 0.2) is 5.16 Å². The van der Waals surface area contributed by atoms with Crippen molar-refractivity contribution in [3.63, 3.8) is 0 Å². The number of sulfone groups is 1. The van der Waals surface area contributed by atoms with E-state index in [4.69, 9.17) is 4.74 Å². The number of rotatable bonds is 9. The van der Waals surface area contributed by atoms with Crippen LogP contribution in [0.15, 0.2) is 105 Å². The lowest BCUT2D eigenvalue weighted by Crippen LogP contribution is -2.56. The number of carbonyl (C=O) groups excluding carboxylic acids is 1. The number of aromatic nitrogens is 4. The number of likely N-dealkylation sites (tertiary alicyclic amines) is 1. The molecule has 1 fully saturated rings. The molecule has 2 aromatic heterocycles. The Balaban J connectivity index is 1.09. The largest absolute Gasteiger partial charge is 0.447 e. The van der Waals surface area contributed by atoms with Crippen molar-refractivity contribution in [2.75, 3.05) is 24.2 Å². The number of para-hydroxylation sites is 2. The topological polar surface area (TPSA) is 154 Å². The normalized spacial score (nSPS) is 13.6. The molecular weight excluding hydrogens is 568 g/mol. The SMILES string of the molecule is O=C(CSc1nc(Nc2ccccc2)c2ccccc2n1)N1CC(Oc2no[n+]([O-])c2S(=O)(=O)c2ccccc2)C1.